The Morgan fingerprint density at radius 2 is 1.96 bits per heavy atom. The van der Waals surface area contributed by atoms with E-state index in [9.17, 15) is 9.59 Å². The molecule has 25 heavy (non-hydrogen) atoms. The third kappa shape index (κ3) is 4.79. The van der Waals surface area contributed by atoms with E-state index in [-0.39, 0.29) is 5.91 Å². The number of amides is 2. The van der Waals surface area contributed by atoms with Crippen LogP contribution in [0.1, 0.15) is 16.3 Å². The maximum absolute atomic E-state index is 12.3. The smallest absolute Gasteiger partial charge is 0.228 e. The van der Waals surface area contributed by atoms with Crippen LogP contribution in [0.2, 0.25) is 0 Å². The Morgan fingerprint density at radius 3 is 2.64 bits per heavy atom. The van der Waals surface area contributed by atoms with Crippen LogP contribution in [0.5, 0.6) is 5.75 Å². The number of aromatic nitrogens is 1. The largest absolute Gasteiger partial charge is 0.486 e. The first kappa shape index (κ1) is 17.4. The average Bonchev–Trinajstić information content (AvgIpc) is 3.08. The molecule has 1 fully saturated rings. The summed E-state index contributed by atoms with van der Waals surface area (Å²) in [6.07, 6.45) is 1.13. The molecule has 132 valence electrons. The first-order valence-corrected chi connectivity index (χ1v) is 9.12. The van der Waals surface area contributed by atoms with Crippen molar-refractivity contribution in [1.29, 1.82) is 0 Å². The van der Waals surface area contributed by atoms with Gasteiger partial charge in [0.2, 0.25) is 12.3 Å². The van der Waals surface area contributed by atoms with Gasteiger partial charge in [0.15, 0.2) is 0 Å². The van der Waals surface area contributed by atoms with Crippen molar-refractivity contribution in [3.8, 4) is 5.75 Å². The summed E-state index contributed by atoms with van der Waals surface area (Å²) in [6, 6.07) is 7.88. The fourth-order valence-corrected chi connectivity index (χ4v) is 3.32. The van der Waals surface area contributed by atoms with E-state index in [0.29, 0.717) is 39.2 Å². The van der Waals surface area contributed by atoms with Gasteiger partial charge in [-0.3, -0.25) is 9.59 Å². The highest BCUT2D eigenvalue weighted by Gasteiger charge is 2.21. The number of rotatable bonds is 6. The van der Waals surface area contributed by atoms with Gasteiger partial charge in [-0.25, -0.2) is 4.98 Å². The second kappa shape index (κ2) is 8.11. The Hall–Kier alpha value is -2.41. The quantitative estimate of drug-likeness (QED) is 0.739. The van der Waals surface area contributed by atoms with Gasteiger partial charge in [-0.05, 0) is 19.1 Å². The summed E-state index contributed by atoms with van der Waals surface area (Å²) in [7, 11) is 0. The van der Waals surface area contributed by atoms with Crippen molar-refractivity contribution in [1.82, 2.24) is 14.8 Å². The van der Waals surface area contributed by atoms with E-state index in [1.165, 1.54) is 16.9 Å². The van der Waals surface area contributed by atoms with E-state index in [4.69, 9.17) is 4.74 Å². The zero-order valence-electron chi connectivity index (χ0n) is 14.2. The van der Waals surface area contributed by atoms with E-state index < -0.39 is 0 Å². The van der Waals surface area contributed by atoms with Crippen molar-refractivity contribution < 1.29 is 14.3 Å². The molecule has 1 aromatic heterocycles. The molecule has 0 saturated carbocycles. The van der Waals surface area contributed by atoms with Gasteiger partial charge < -0.3 is 14.5 Å². The number of benzene rings is 1. The first-order chi connectivity index (χ1) is 12.1. The average molecular weight is 359 g/mol. The Kier molecular flexibility index (Phi) is 5.65. The molecule has 0 atom stereocenters. The van der Waals surface area contributed by atoms with Crippen molar-refractivity contribution in [2.75, 3.05) is 26.2 Å². The van der Waals surface area contributed by atoms with Crippen LogP contribution in [0, 0.1) is 6.92 Å². The van der Waals surface area contributed by atoms with Crippen molar-refractivity contribution in [3.63, 3.8) is 0 Å². The van der Waals surface area contributed by atoms with Gasteiger partial charge in [-0.1, -0.05) is 17.7 Å². The van der Waals surface area contributed by atoms with E-state index in [1.807, 2.05) is 36.6 Å². The van der Waals surface area contributed by atoms with Crippen LogP contribution in [0.3, 0.4) is 0 Å². The number of ether oxygens (including phenoxy) is 1. The van der Waals surface area contributed by atoms with Gasteiger partial charge >= 0.3 is 0 Å². The van der Waals surface area contributed by atoms with Gasteiger partial charge in [-0.15, -0.1) is 11.3 Å². The molecular formula is C18H21N3O3S. The summed E-state index contributed by atoms with van der Waals surface area (Å²) in [4.78, 5) is 31.0. The summed E-state index contributed by atoms with van der Waals surface area (Å²) in [5, 5.41) is 2.77. The number of aryl methyl sites for hydroxylation is 1. The van der Waals surface area contributed by atoms with E-state index in [1.54, 1.807) is 9.80 Å². The van der Waals surface area contributed by atoms with Gasteiger partial charge in [-0.2, -0.15) is 0 Å². The number of carbonyl (C=O) groups excluding carboxylic acids is 2. The third-order valence-electron chi connectivity index (χ3n) is 4.13. The summed E-state index contributed by atoms with van der Waals surface area (Å²) >= 11 is 1.50. The standard InChI is InChI=1S/C18H21N3O3S/c1-14-2-4-16(5-3-14)24-11-17-19-15(12-25-17)10-18(23)21-8-6-20(13-22)7-9-21/h2-5,12-13H,6-11H2,1H3. The monoisotopic (exact) mass is 359 g/mol. The molecule has 6 nitrogen and oxygen atoms in total. The summed E-state index contributed by atoms with van der Waals surface area (Å²) in [5.74, 6) is 0.869. The highest BCUT2D eigenvalue weighted by atomic mass is 32.1. The maximum Gasteiger partial charge on any atom is 0.228 e. The fourth-order valence-electron chi connectivity index (χ4n) is 2.62. The first-order valence-electron chi connectivity index (χ1n) is 8.24. The van der Waals surface area contributed by atoms with Crippen LogP contribution in [-0.4, -0.2) is 53.3 Å². The van der Waals surface area contributed by atoms with Crippen LogP contribution >= 0.6 is 11.3 Å². The molecule has 1 saturated heterocycles. The minimum absolute atomic E-state index is 0.0573. The second-order valence-electron chi connectivity index (χ2n) is 6.03. The molecule has 0 N–H and O–H groups in total. The normalized spacial score (nSPS) is 14.4. The second-order valence-corrected chi connectivity index (χ2v) is 6.98. The number of hydrogen-bond acceptors (Lipinski definition) is 5. The van der Waals surface area contributed by atoms with E-state index in [2.05, 4.69) is 4.98 Å². The summed E-state index contributed by atoms with van der Waals surface area (Å²) < 4.78 is 5.72. The van der Waals surface area contributed by atoms with Gasteiger partial charge in [0.1, 0.15) is 17.4 Å². The molecule has 1 aromatic carbocycles. The van der Waals surface area contributed by atoms with E-state index >= 15 is 0 Å². The molecule has 0 aliphatic carbocycles. The third-order valence-corrected chi connectivity index (χ3v) is 5.00. The molecule has 0 spiro atoms. The molecule has 2 heterocycles. The molecule has 2 aromatic rings. The van der Waals surface area contributed by atoms with E-state index in [0.717, 1.165) is 22.9 Å². The maximum atomic E-state index is 12.3. The predicted octanol–water partition coefficient (Wildman–Crippen LogP) is 1.87. The number of thiazole rings is 1. The fraction of sp³-hybridized carbons (Fsp3) is 0.389. The molecular weight excluding hydrogens is 338 g/mol. The number of carbonyl (C=O) groups is 2. The Balaban J connectivity index is 1.48. The van der Waals surface area contributed by atoms with Crippen LogP contribution in [0.15, 0.2) is 29.6 Å². The number of piperazine rings is 1. The van der Waals surface area contributed by atoms with Crippen molar-refractivity contribution in [3.05, 3.63) is 45.9 Å². The molecule has 0 bridgehead atoms. The number of hydrogen-bond donors (Lipinski definition) is 0. The SMILES string of the molecule is Cc1ccc(OCc2nc(CC(=O)N3CCN(C=O)CC3)cs2)cc1. The van der Waals surface area contributed by atoms with Crippen molar-refractivity contribution >= 4 is 23.7 Å². The van der Waals surface area contributed by atoms with Crippen molar-refractivity contribution in [2.24, 2.45) is 0 Å². The Morgan fingerprint density at radius 1 is 1.24 bits per heavy atom. The topological polar surface area (TPSA) is 62.7 Å². The zero-order chi connectivity index (χ0) is 17.6. The van der Waals surface area contributed by atoms with Gasteiger partial charge in [0, 0.05) is 31.6 Å². The van der Waals surface area contributed by atoms with Crippen LogP contribution in [-0.2, 0) is 22.6 Å². The lowest BCUT2D eigenvalue weighted by atomic mass is 10.2. The van der Waals surface area contributed by atoms with Gasteiger partial charge in [0.25, 0.3) is 0 Å². The molecule has 3 rings (SSSR count). The van der Waals surface area contributed by atoms with Crippen LogP contribution < -0.4 is 4.74 Å². The minimum atomic E-state index is 0.0573. The lowest BCUT2D eigenvalue weighted by molar-refractivity contribution is -0.134. The lowest BCUT2D eigenvalue weighted by Gasteiger charge is -2.32. The molecule has 7 heteroatoms. The van der Waals surface area contributed by atoms with Gasteiger partial charge in [0.05, 0.1) is 12.1 Å². The number of nitrogens with zero attached hydrogens (tertiary/aromatic N) is 3. The Labute approximate surface area is 151 Å². The molecule has 1 aliphatic heterocycles. The zero-order valence-corrected chi connectivity index (χ0v) is 15.0. The predicted molar refractivity (Wildman–Crippen MR) is 95.5 cm³/mol. The molecule has 0 unspecified atom stereocenters. The Bertz CT molecular complexity index is 721. The molecule has 1 aliphatic rings. The van der Waals surface area contributed by atoms with Crippen LogP contribution in [0.25, 0.3) is 0 Å². The molecule has 2 amide bonds. The van der Waals surface area contributed by atoms with Crippen LogP contribution in [0.4, 0.5) is 0 Å². The highest BCUT2D eigenvalue weighted by molar-refractivity contribution is 7.09. The minimum Gasteiger partial charge on any atom is -0.486 e. The lowest BCUT2D eigenvalue weighted by Crippen LogP contribution is -2.48. The highest BCUT2D eigenvalue weighted by Crippen LogP contribution is 2.17. The summed E-state index contributed by atoms with van der Waals surface area (Å²) in [5.41, 5.74) is 1.96. The van der Waals surface area contributed by atoms with Crippen molar-refractivity contribution in [2.45, 2.75) is 20.0 Å². The summed E-state index contributed by atoms with van der Waals surface area (Å²) in [6.45, 7) is 4.81. The molecule has 0 radical (unpaired) electrons.